The van der Waals surface area contributed by atoms with E-state index in [1.54, 1.807) is 0 Å². The first kappa shape index (κ1) is 12.0. The molecule has 0 aliphatic heterocycles. The number of rotatable bonds is 3. The Labute approximate surface area is 101 Å². The lowest BCUT2D eigenvalue weighted by molar-refractivity contribution is 0.587. The fourth-order valence-electron chi connectivity index (χ4n) is 1.41. The Bertz CT molecular complexity index is 627. The molecule has 0 saturated heterocycles. The number of H-pyrrole nitrogens is 1. The van der Waals surface area contributed by atoms with Crippen molar-refractivity contribution < 1.29 is 8.78 Å². The van der Waals surface area contributed by atoms with Crippen LogP contribution in [0.25, 0.3) is 0 Å². The Morgan fingerprint density at radius 2 is 2.17 bits per heavy atom. The van der Waals surface area contributed by atoms with Crippen molar-refractivity contribution in [1.29, 1.82) is 0 Å². The van der Waals surface area contributed by atoms with E-state index in [1.165, 1.54) is 6.33 Å². The van der Waals surface area contributed by atoms with Crippen molar-refractivity contribution in [2.45, 2.75) is 6.54 Å². The van der Waals surface area contributed by atoms with E-state index >= 15 is 0 Å². The maximum atomic E-state index is 13.3. The second-order valence-electron chi connectivity index (χ2n) is 3.58. The number of nitrogens with zero attached hydrogens (tertiary/aromatic N) is 1. The Hall–Kier alpha value is -2.44. The number of hydrogen-bond acceptors (Lipinski definition) is 4. The van der Waals surface area contributed by atoms with Gasteiger partial charge in [-0.15, -0.1) is 0 Å². The molecule has 0 spiro atoms. The van der Waals surface area contributed by atoms with Gasteiger partial charge in [0.15, 0.2) is 5.82 Å². The summed E-state index contributed by atoms with van der Waals surface area (Å²) in [5, 5.41) is 2.68. The second-order valence-corrected chi connectivity index (χ2v) is 3.58. The fraction of sp³-hybridized carbons (Fsp3) is 0.0909. The van der Waals surface area contributed by atoms with Gasteiger partial charge in [-0.2, -0.15) is 0 Å². The predicted octanol–water partition coefficient (Wildman–Crippen LogP) is 1.24. The summed E-state index contributed by atoms with van der Waals surface area (Å²) in [6, 6.07) is 3.12. The van der Waals surface area contributed by atoms with Crippen LogP contribution in [0.4, 0.5) is 20.3 Å². The molecule has 0 atom stereocenters. The first-order valence-electron chi connectivity index (χ1n) is 5.09. The molecule has 0 unspecified atom stereocenters. The summed E-state index contributed by atoms with van der Waals surface area (Å²) in [5.41, 5.74) is 5.00. The number of nitrogens with one attached hydrogen (secondary N) is 2. The van der Waals surface area contributed by atoms with Crippen LogP contribution in [0.5, 0.6) is 0 Å². The highest BCUT2D eigenvalue weighted by molar-refractivity contribution is 5.59. The van der Waals surface area contributed by atoms with Crippen molar-refractivity contribution >= 4 is 11.5 Å². The lowest BCUT2D eigenvalue weighted by Crippen LogP contribution is -2.16. The van der Waals surface area contributed by atoms with E-state index in [-0.39, 0.29) is 23.6 Å². The maximum absolute atomic E-state index is 13.3. The number of anilines is 2. The Kier molecular flexibility index (Phi) is 3.22. The summed E-state index contributed by atoms with van der Waals surface area (Å²) in [6.45, 7) is -0.0236. The van der Waals surface area contributed by atoms with Gasteiger partial charge in [0.05, 0.1) is 6.33 Å². The molecule has 0 bridgehead atoms. The van der Waals surface area contributed by atoms with Gasteiger partial charge < -0.3 is 16.0 Å². The highest BCUT2D eigenvalue weighted by Gasteiger charge is 2.07. The molecule has 2 rings (SSSR count). The molecular weight excluding hydrogens is 242 g/mol. The van der Waals surface area contributed by atoms with Crippen molar-refractivity contribution in [2.75, 3.05) is 11.1 Å². The molecule has 7 heteroatoms. The number of halogens is 2. The van der Waals surface area contributed by atoms with E-state index in [2.05, 4.69) is 15.3 Å². The molecule has 1 aromatic carbocycles. The summed E-state index contributed by atoms with van der Waals surface area (Å²) < 4.78 is 26.3. The molecule has 18 heavy (non-hydrogen) atoms. The van der Waals surface area contributed by atoms with Crippen LogP contribution in [0.1, 0.15) is 5.56 Å². The van der Waals surface area contributed by atoms with Crippen LogP contribution in [0, 0.1) is 11.6 Å². The molecule has 0 aliphatic rings. The molecule has 4 N–H and O–H groups in total. The molecule has 1 aromatic heterocycles. The minimum absolute atomic E-state index is 0.0236. The second kappa shape index (κ2) is 4.82. The average molecular weight is 252 g/mol. The molecule has 2 aromatic rings. The number of benzene rings is 1. The largest absolute Gasteiger partial charge is 0.391 e. The van der Waals surface area contributed by atoms with E-state index < -0.39 is 17.2 Å². The number of aromatic nitrogens is 2. The van der Waals surface area contributed by atoms with Crippen molar-refractivity contribution in [3.63, 3.8) is 0 Å². The molecule has 0 aliphatic carbocycles. The Morgan fingerprint density at radius 1 is 1.39 bits per heavy atom. The fourth-order valence-corrected chi connectivity index (χ4v) is 1.41. The van der Waals surface area contributed by atoms with E-state index in [4.69, 9.17) is 5.73 Å². The van der Waals surface area contributed by atoms with E-state index in [1.807, 2.05) is 0 Å². The van der Waals surface area contributed by atoms with E-state index in [0.717, 1.165) is 18.2 Å². The zero-order chi connectivity index (χ0) is 13.1. The van der Waals surface area contributed by atoms with Gasteiger partial charge >= 0.3 is 0 Å². The van der Waals surface area contributed by atoms with Crippen LogP contribution >= 0.6 is 0 Å². The molecule has 0 radical (unpaired) electrons. The average Bonchev–Trinajstić information content (AvgIpc) is 2.35. The predicted molar refractivity (Wildman–Crippen MR) is 63.0 cm³/mol. The number of nitrogen functional groups attached to an aromatic ring is 1. The first-order valence-corrected chi connectivity index (χ1v) is 5.09. The molecule has 94 valence electrons. The molecule has 0 saturated carbocycles. The highest BCUT2D eigenvalue weighted by atomic mass is 19.1. The van der Waals surface area contributed by atoms with Crippen molar-refractivity contribution in [3.05, 3.63) is 52.1 Å². The van der Waals surface area contributed by atoms with Crippen LogP contribution in [-0.2, 0) is 6.54 Å². The third kappa shape index (κ3) is 2.45. The molecule has 0 fully saturated rings. The van der Waals surface area contributed by atoms with Gasteiger partial charge in [0.1, 0.15) is 17.3 Å². The zero-order valence-electron chi connectivity index (χ0n) is 9.21. The summed E-state index contributed by atoms with van der Waals surface area (Å²) in [7, 11) is 0. The van der Waals surface area contributed by atoms with Gasteiger partial charge in [0, 0.05) is 12.1 Å². The van der Waals surface area contributed by atoms with E-state index in [9.17, 15) is 13.6 Å². The highest BCUT2D eigenvalue weighted by Crippen LogP contribution is 2.13. The van der Waals surface area contributed by atoms with Gasteiger partial charge in [-0.3, -0.25) is 4.79 Å². The zero-order valence-corrected chi connectivity index (χ0v) is 9.21. The summed E-state index contributed by atoms with van der Waals surface area (Å²) >= 11 is 0. The summed E-state index contributed by atoms with van der Waals surface area (Å²) in [5.74, 6) is -0.963. The van der Waals surface area contributed by atoms with Crippen LogP contribution in [0.15, 0.2) is 29.3 Å². The summed E-state index contributed by atoms with van der Waals surface area (Å²) in [6.07, 6.45) is 1.17. The third-order valence-corrected chi connectivity index (χ3v) is 2.34. The van der Waals surface area contributed by atoms with Crippen LogP contribution < -0.4 is 16.6 Å². The molecule has 0 amide bonds. The lowest BCUT2D eigenvalue weighted by atomic mass is 10.2. The standard InChI is InChI=1S/C11H10F2N4O/c12-7-1-2-8(13)6(3-7)4-15-10-9(14)11(18)17-5-16-10/h1-3,5H,4,14H2,(H2,15,16,17,18). The number of aromatic amines is 1. The van der Waals surface area contributed by atoms with Crippen LogP contribution in [0.2, 0.25) is 0 Å². The number of hydrogen-bond donors (Lipinski definition) is 3. The molecule has 1 heterocycles. The quantitative estimate of drug-likeness (QED) is 0.767. The van der Waals surface area contributed by atoms with E-state index in [0.29, 0.717) is 0 Å². The maximum Gasteiger partial charge on any atom is 0.276 e. The van der Waals surface area contributed by atoms with Gasteiger partial charge in [-0.1, -0.05) is 0 Å². The van der Waals surface area contributed by atoms with Gasteiger partial charge in [-0.05, 0) is 18.2 Å². The van der Waals surface area contributed by atoms with Gasteiger partial charge in [0.25, 0.3) is 5.56 Å². The van der Waals surface area contributed by atoms with Crippen LogP contribution in [0.3, 0.4) is 0 Å². The lowest BCUT2D eigenvalue weighted by Gasteiger charge is -2.08. The minimum Gasteiger partial charge on any atom is -0.391 e. The smallest absolute Gasteiger partial charge is 0.276 e. The monoisotopic (exact) mass is 252 g/mol. The number of nitrogens with two attached hydrogens (primary N) is 1. The molecular formula is C11H10F2N4O. The van der Waals surface area contributed by atoms with Crippen molar-refractivity contribution in [1.82, 2.24) is 9.97 Å². The topological polar surface area (TPSA) is 83.8 Å². The minimum atomic E-state index is -0.549. The Balaban J connectivity index is 2.19. The Morgan fingerprint density at radius 3 is 2.94 bits per heavy atom. The molecule has 5 nitrogen and oxygen atoms in total. The van der Waals surface area contributed by atoms with Crippen molar-refractivity contribution in [3.8, 4) is 0 Å². The SMILES string of the molecule is Nc1c(NCc2cc(F)ccc2F)nc[nH]c1=O. The van der Waals surface area contributed by atoms with Crippen LogP contribution in [-0.4, -0.2) is 9.97 Å². The first-order chi connectivity index (χ1) is 8.58. The van der Waals surface area contributed by atoms with Crippen molar-refractivity contribution in [2.24, 2.45) is 0 Å². The van der Waals surface area contributed by atoms with Gasteiger partial charge in [-0.25, -0.2) is 13.8 Å². The normalized spacial score (nSPS) is 10.3. The summed E-state index contributed by atoms with van der Waals surface area (Å²) in [4.78, 5) is 17.3. The van der Waals surface area contributed by atoms with Gasteiger partial charge in [0.2, 0.25) is 0 Å². The third-order valence-electron chi connectivity index (χ3n) is 2.34.